The average molecular weight is 532 g/mol. The van der Waals surface area contributed by atoms with Gasteiger partial charge in [-0.3, -0.25) is 14.4 Å². The third kappa shape index (κ3) is 8.33. The van der Waals surface area contributed by atoms with Gasteiger partial charge in [-0.1, -0.05) is 36.4 Å². The number of ether oxygens (including phenoxy) is 1. The summed E-state index contributed by atoms with van der Waals surface area (Å²) in [4.78, 5) is 41.7. The molecule has 0 bridgehead atoms. The molecule has 1 fully saturated rings. The van der Waals surface area contributed by atoms with Crippen LogP contribution in [0.4, 0.5) is 0 Å². The zero-order valence-corrected chi connectivity index (χ0v) is 22.8. The number of carbonyl (C=O) groups excluding carboxylic acids is 2. The van der Waals surface area contributed by atoms with Gasteiger partial charge in [0.2, 0.25) is 0 Å². The fraction of sp³-hybridized carbons (Fsp3) is 0.400. The van der Waals surface area contributed by atoms with E-state index in [2.05, 4.69) is 27.3 Å². The molecule has 3 aromatic rings. The number of hydrogen-bond acceptors (Lipinski definition) is 7. The first-order valence-electron chi connectivity index (χ1n) is 13.5. The van der Waals surface area contributed by atoms with Gasteiger partial charge in [0, 0.05) is 49.9 Å². The van der Waals surface area contributed by atoms with Gasteiger partial charge < -0.3 is 19.9 Å². The second-order valence-corrected chi connectivity index (χ2v) is 9.85. The summed E-state index contributed by atoms with van der Waals surface area (Å²) in [6, 6.07) is 17.9. The van der Waals surface area contributed by atoms with Crippen molar-refractivity contribution in [3.63, 3.8) is 0 Å². The van der Waals surface area contributed by atoms with Crippen molar-refractivity contribution in [2.75, 3.05) is 52.9 Å². The van der Waals surface area contributed by atoms with Crippen molar-refractivity contribution in [2.24, 2.45) is 0 Å². The Bertz CT molecular complexity index is 1310. The lowest BCUT2D eigenvalue weighted by atomic mass is 10.1. The second kappa shape index (κ2) is 13.8. The molecule has 0 aliphatic carbocycles. The summed E-state index contributed by atoms with van der Waals surface area (Å²) >= 11 is 0. The molecule has 9 heteroatoms. The van der Waals surface area contributed by atoms with Crippen LogP contribution >= 0.6 is 0 Å². The predicted molar refractivity (Wildman–Crippen MR) is 151 cm³/mol. The van der Waals surface area contributed by atoms with Gasteiger partial charge in [0.1, 0.15) is 0 Å². The number of nitrogens with zero attached hydrogens (tertiary/aromatic N) is 4. The van der Waals surface area contributed by atoms with Crippen LogP contribution < -0.4 is 10.9 Å². The van der Waals surface area contributed by atoms with Crippen molar-refractivity contribution < 1.29 is 14.3 Å². The molecule has 1 aliphatic heterocycles. The molecule has 0 radical (unpaired) electrons. The number of amides is 1. The van der Waals surface area contributed by atoms with Gasteiger partial charge in [-0.25, -0.2) is 4.68 Å². The smallest absolute Gasteiger partial charge is 0.310 e. The Labute approximate surface area is 229 Å². The van der Waals surface area contributed by atoms with E-state index in [4.69, 9.17) is 4.74 Å². The highest BCUT2D eigenvalue weighted by Gasteiger charge is 2.13. The summed E-state index contributed by atoms with van der Waals surface area (Å²) < 4.78 is 6.43. The Morgan fingerprint density at radius 2 is 1.72 bits per heavy atom. The van der Waals surface area contributed by atoms with E-state index in [0.717, 1.165) is 55.8 Å². The maximum Gasteiger partial charge on any atom is 0.310 e. The highest BCUT2D eigenvalue weighted by molar-refractivity contribution is 5.94. The van der Waals surface area contributed by atoms with Gasteiger partial charge in [-0.05, 0) is 56.3 Å². The lowest BCUT2D eigenvalue weighted by molar-refractivity contribution is -0.142. The van der Waals surface area contributed by atoms with Crippen LogP contribution in [0.25, 0.3) is 11.3 Å². The van der Waals surface area contributed by atoms with Gasteiger partial charge in [-0.15, -0.1) is 0 Å². The fourth-order valence-electron chi connectivity index (χ4n) is 4.58. The summed E-state index contributed by atoms with van der Waals surface area (Å²) in [7, 11) is 2.14. The fourth-order valence-corrected chi connectivity index (χ4v) is 4.58. The van der Waals surface area contributed by atoms with Crippen LogP contribution in [0.1, 0.15) is 34.8 Å². The van der Waals surface area contributed by atoms with Crippen molar-refractivity contribution in [3.05, 3.63) is 87.7 Å². The van der Waals surface area contributed by atoms with Gasteiger partial charge in [-0.2, -0.15) is 5.10 Å². The normalized spacial score (nSPS) is 14.2. The average Bonchev–Trinajstić information content (AvgIpc) is 2.93. The molecule has 39 heavy (non-hydrogen) atoms. The molecule has 2 aromatic carbocycles. The minimum Gasteiger partial charge on any atom is -0.466 e. The number of nitrogens with one attached hydrogen (secondary N) is 1. The molecule has 9 nitrogen and oxygen atoms in total. The Morgan fingerprint density at radius 1 is 0.974 bits per heavy atom. The molecule has 1 aromatic heterocycles. The SMILES string of the molecule is CCOC(=O)Cc1cccc(Cn2nc(-c3ccc(C(=O)NCCCN4CCN(C)CC4)cc3)ccc2=O)c1. The molecular formula is C30H37N5O4. The van der Waals surface area contributed by atoms with E-state index in [1.807, 2.05) is 36.4 Å². The monoisotopic (exact) mass is 531 g/mol. The predicted octanol–water partition coefficient (Wildman–Crippen LogP) is 2.43. The van der Waals surface area contributed by atoms with Crippen LogP contribution in [0.2, 0.25) is 0 Å². The first kappa shape index (κ1) is 28.2. The number of rotatable bonds is 11. The third-order valence-corrected chi connectivity index (χ3v) is 6.82. The number of likely N-dealkylation sites (N-methyl/N-ethyl adjacent to an activating group) is 1. The number of carbonyl (C=O) groups is 2. The number of piperazine rings is 1. The van der Waals surface area contributed by atoms with Crippen molar-refractivity contribution in [1.82, 2.24) is 24.9 Å². The van der Waals surface area contributed by atoms with Crippen molar-refractivity contribution in [3.8, 4) is 11.3 Å². The molecule has 1 amide bonds. The minimum absolute atomic E-state index is 0.0967. The molecule has 206 valence electrons. The molecule has 1 aliphatic rings. The lowest BCUT2D eigenvalue weighted by Crippen LogP contribution is -2.45. The quantitative estimate of drug-likeness (QED) is 0.300. The highest BCUT2D eigenvalue weighted by Crippen LogP contribution is 2.17. The maximum atomic E-state index is 12.6. The van der Waals surface area contributed by atoms with Gasteiger partial charge in [0.15, 0.2) is 0 Å². The molecular weight excluding hydrogens is 494 g/mol. The van der Waals surface area contributed by atoms with E-state index in [0.29, 0.717) is 24.4 Å². The molecule has 1 saturated heterocycles. The summed E-state index contributed by atoms with van der Waals surface area (Å²) in [5.41, 5.74) is 3.50. The number of aromatic nitrogens is 2. The Hall–Kier alpha value is -3.82. The third-order valence-electron chi connectivity index (χ3n) is 6.82. The second-order valence-electron chi connectivity index (χ2n) is 9.85. The van der Waals surface area contributed by atoms with E-state index in [-0.39, 0.29) is 30.4 Å². The number of esters is 1. The molecule has 1 N–H and O–H groups in total. The van der Waals surface area contributed by atoms with Gasteiger partial charge in [0.25, 0.3) is 11.5 Å². The first-order valence-corrected chi connectivity index (χ1v) is 13.5. The summed E-state index contributed by atoms with van der Waals surface area (Å²) in [6.07, 6.45) is 1.10. The Kier molecular flexibility index (Phi) is 9.99. The summed E-state index contributed by atoms with van der Waals surface area (Å²) in [5, 5.41) is 7.55. The first-order chi connectivity index (χ1) is 18.9. The Morgan fingerprint density at radius 3 is 2.46 bits per heavy atom. The van der Waals surface area contributed by atoms with Crippen LogP contribution in [0.15, 0.2) is 65.5 Å². The molecule has 0 unspecified atom stereocenters. The van der Waals surface area contributed by atoms with Crippen molar-refractivity contribution in [1.29, 1.82) is 0 Å². The highest BCUT2D eigenvalue weighted by atomic mass is 16.5. The zero-order valence-electron chi connectivity index (χ0n) is 22.8. The topological polar surface area (TPSA) is 96.8 Å². The minimum atomic E-state index is -0.283. The molecule has 0 saturated carbocycles. The number of benzene rings is 2. The van der Waals surface area contributed by atoms with Crippen LogP contribution in [-0.2, 0) is 22.5 Å². The van der Waals surface area contributed by atoms with E-state index < -0.39 is 0 Å². The van der Waals surface area contributed by atoms with E-state index in [9.17, 15) is 14.4 Å². The van der Waals surface area contributed by atoms with Crippen molar-refractivity contribution >= 4 is 11.9 Å². The van der Waals surface area contributed by atoms with Crippen LogP contribution in [0, 0.1) is 0 Å². The zero-order chi connectivity index (χ0) is 27.6. The lowest BCUT2D eigenvalue weighted by Gasteiger charge is -2.32. The standard InChI is InChI=1S/C30H37N5O4/c1-3-39-29(37)21-23-6-4-7-24(20-23)22-35-28(36)13-12-27(32-35)25-8-10-26(11-9-25)30(38)31-14-5-15-34-18-16-33(2)17-19-34/h4,6-13,20H,3,5,14-19,21-22H2,1-2H3,(H,31,38). The molecule has 0 atom stereocenters. The van der Waals surface area contributed by atoms with Gasteiger partial charge in [0.05, 0.1) is 25.3 Å². The molecule has 2 heterocycles. The Balaban J connectivity index is 1.33. The van der Waals surface area contributed by atoms with Crippen molar-refractivity contribution in [2.45, 2.75) is 26.3 Å². The van der Waals surface area contributed by atoms with E-state index in [1.165, 1.54) is 10.7 Å². The van der Waals surface area contributed by atoms with E-state index >= 15 is 0 Å². The van der Waals surface area contributed by atoms with Gasteiger partial charge >= 0.3 is 5.97 Å². The molecule has 0 spiro atoms. The summed E-state index contributed by atoms with van der Waals surface area (Å²) in [6.45, 7) is 8.37. The van der Waals surface area contributed by atoms with E-state index in [1.54, 1.807) is 25.1 Å². The largest absolute Gasteiger partial charge is 0.466 e. The van der Waals surface area contributed by atoms with Crippen LogP contribution in [0.5, 0.6) is 0 Å². The molecule has 4 rings (SSSR count). The number of hydrogen-bond donors (Lipinski definition) is 1. The summed E-state index contributed by atoms with van der Waals surface area (Å²) in [5.74, 6) is -0.379. The van der Waals surface area contributed by atoms with Crippen LogP contribution in [0.3, 0.4) is 0 Å². The van der Waals surface area contributed by atoms with Crippen LogP contribution in [-0.4, -0.2) is 84.4 Å². The maximum absolute atomic E-state index is 12.6.